The van der Waals surface area contributed by atoms with Gasteiger partial charge in [0.2, 0.25) is 0 Å². The summed E-state index contributed by atoms with van der Waals surface area (Å²) in [6, 6.07) is 5.67. The molecule has 0 aliphatic heterocycles. The van der Waals surface area contributed by atoms with Crippen molar-refractivity contribution >= 4 is 11.4 Å². The van der Waals surface area contributed by atoms with E-state index in [-0.39, 0.29) is 5.91 Å². The Morgan fingerprint density at radius 3 is 3.06 bits per heavy atom. The van der Waals surface area contributed by atoms with Gasteiger partial charge in [-0.05, 0) is 24.6 Å². The minimum absolute atomic E-state index is 0.0171. The molecule has 1 amide bonds. The number of nitrogens with zero attached hydrogens (tertiary/aromatic N) is 3. The van der Waals surface area contributed by atoms with Crippen LogP contribution in [0.5, 0.6) is 0 Å². The SMILES string of the molecule is CC(CN)CN(C)C(=O)c1cnn2ccccc12. The van der Waals surface area contributed by atoms with Gasteiger partial charge in [-0.3, -0.25) is 4.79 Å². The normalized spacial score (nSPS) is 12.6. The van der Waals surface area contributed by atoms with E-state index in [1.807, 2.05) is 31.3 Å². The number of hydrogen-bond donors (Lipinski definition) is 1. The van der Waals surface area contributed by atoms with Crippen molar-refractivity contribution in [2.75, 3.05) is 20.1 Å². The highest BCUT2D eigenvalue weighted by atomic mass is 16.2. The molecule has 2 heterocycles. The monoisotopic (exact) mass is 246 g/mol. The molecule has 5 heteroatoms. The van der Waals surface area contributed by atoms with Gasteiger partial charge in [0.05, 0.1) is 17.3 Å². The predicted octanol–water partition coefficient (Wildman–Crippen LogP) is 1.00. The Bertz CT molecular complexity index is 549. The van der Waals surface area contributed by atoms with Gasteiger partial charge in [-0.1, -0.05) is 13.0 Å². The quantitative estimate of drug-likeness (QED) is 0.875. The van der Waals surface area contributed by atoms with Gasteiger partial charge in [-0.2, -0.15) is 5.10 Å². The third-order valence-electron chi connectivity index (χ3n) is 2.99. The van der Waals surface area contributed by atoms with Crippen molar-refractivity contribution in [3.63, 3.8) is 0 Å². The van der Waals surface area contributed by atoms with Crippen LogP contribution in [-0.2, 0) is 0 Å². The highest BCUT2D eigenvalue weighted by Crippen LogP contribution is 2.12. The van der Waals surface area contributed by atoms with Crippen molar-refractivity contribution < 1.29 is 4.79 Å². The Hall–Kier alpha value is -1.88. The summed E-state index contributed by atoms with van der Waals surface area (Å²) in [4.78, 5) is 14.0. The van der Waals surface area contributed by atoms with Crippen molar-refractivity contribution in [1.29, 1.82) is 0 Å². The molecule has 0 radical (unpaired) electrons. The molecule has 1 atom stereocenters. The summed E-state index contributed by atoms with van der Waals surface area (Å²) in [6.45, 7) is 3.26. The number of carbonyl (C=O) groups is 1. The zero-order valence-electron chi connectivity index (χ0n) is 10.7. The van der Waals surface area contributed by atoms with E-state index in [1.54, 1.807) is 22.7 Å². The standard InChI is InChI=1S/C13H18N4O/c1-10(7-14)9-16(2)13(18)11-8-15-17-6-4-3-5-12(11)17/h3-6,8,10H,7,9,14H2,1-2H3. The first kappa shape index (κ1) is 12.6. The Labute approximate surface area is 106 Å². The van der Waals surface area contributed by atoms with E-state index in [1.165, 1.54) is 0 Å². The van der Waals surface area contributed by atoms with Crippen LogP contribution in [0.1, 0.15) is 17.3 Å². The van der Waals surface area contributed by atoms with Crippen LogP contribution in [0.3, 0.4) is 0 Å². The molecule has 0 fully saturated rings. The molecule has 5 nitrogen and oxygen atoms in total. The van der Waals surface area contributed by atoms with Gasteiger partial charge in [-0.25, -0.2) is 4.52 Å². The molecule has 0 spiro atoms. The van der Waals surface area contributed by atoms with E-state index < -0.39 is 0 Å². The van der Waals surface area contributed by atoms with Crippen LogP contribution < -0.4 is 5.73 Å². The molecule has 2 aromatic rings. The molecule has 2 rings (SSSR count). The minimum atomic E-state index is -0.0171. The van der Waals surface area contributed by atoms with Gasteiger partial charge in [0.25, 0.3) is 5.91 Å². The van der Waals surface area contributed by atoms with Gasteiger partial charge < -0.3 is 10.6 Å². The van der Waals surface area contributed by atoms with Gasteiger partial charge >= 0.3 is 0 Å². The van der Waals surface area contributed by atoms with Crippen molar-refractivity contribution in [2.45, 2.75) is 6.92 Å². The van der Waals surface area contributed by atoms with E-state index in [2.05, 4.69) is 5.10 Å². The molecule has 0 saturated heterocycles. The first-order chi connectivity index (χ1) is 8.63. The molecular weight excluding hydrogens is 228 g/mol. The van der Waals surface area contributed by atoms with Crippen LogP contribution in [0.15, 0.2) is 30.6 Å². The lowest BCUT2D eigenvalue weighted by Gasteiger charge is -2.20. The summed E-state index contributed by atoms with van der Waals surface area (Å²) >= 11 is 0. The second-order valence-corrected chi connectivity index (χ2v) is 4.62. The number of fused-ring (bicyclic) bond motifs is 1. The van der Waals surface area contributed by atoms with Crippen molar-refractivity contribution in [3.8, 4) is 0 Å². The second kappa shape index (κ2) is 5.18. The van der Waals surface area contributed by atoms with Crippen molar-refractivity contribution in [1.82, 2.24) is 14.5 Å². The minimum Gasteiger partial charge on any atom is -0.341 e. The first-order valence-electron chi connectivity index (χ1n) is 6.01. The fourth-order valence-electron chi connectivity index (χ4n) is 1.93. The Morgan fingerprint density at radius 1 is 1.56 bits per heavy atom. The molecule has 2 aromatic heterocycles. The van der Waals surface area contributed by atoms with E-state index in [9.17, 15) is 4.79 Å². The number of aromatic nitrogens is 2. The number of amides is 1. The Kier molecular flexibility index (Phi) is 3.62. The zero-order valence-corrected chi connectivity index (χ0v) is 10.7. The Balaban J connectivity index is 2.23. The molecule has 0 aliphatic carbocycles. The number of carbonyl (C=O) groups excluding carboxylic acids is 1. The van der Waals surface area contributed by atoms with Crippen molar-refractivity contribution in [2.24, 2.45) is 11.7 Å². The molecule has 0 bridgehead atoms. The predicted molar refractivity (Wildman–Crippen MR) is 70.4 cm³/mol. The fraction of sp³-hybridized carbons (Fsp3) is 0.385. The number of pyridine rings is 1. The Morgan fingerprint density at radius 2 is 2.33 bits per heavy atom. The molecule has 96 valence electrons. The molecule has 2 N–H and O–H groups in total. The maximum absolute atomic E-state index is 12.3. The lowest BCUT2D eigenvalue weighted by atomic mass is 10.1. The average Bonchev–Trinajstić information content (AvgIpc) is 2.81. The number of nitrogens with two attached hydrogens (primary N) is 1. The van der Waals surface area contributed by atoms with E-state index in [0.717, 1.165) is 5.52 Å². The highest BCUT2D eigenvalue weighted by Gasteiger charge is 2.17. The topological polar surface area (TPSA) is 63.6 Å². The first-order valence-corrected chi connectivity index (χ1v) is 6.01. The summed E-state index contributed by atoms with van der Waals surface area (Å²) in [5, 5.41) is 4.17. The lowest BCUT2D eigenvalue weighted by molar-refractivity contribution is 0.0779. The third-order valence-corrected chi connectivity index (χ3v) is 2.99. The largest absolute Gasteiger partial charge is 0.341 e. The van der Waals surface area contributed by atoms with Crippen LogP contribution >= 0.6 is 0 Å². The van der Waals surface area contributed by atoms with E-state index >= 15 is 0 Å². The smallest absolute Gasteiger partial charge is 0.257 e. The maximum Gasteiger partial charge on any atom is 0.257 e. The summed E-state index contributed by atoms with van der Waals surface area (Å²) in [5.74, 6) is 0.275. The van der Waals surface area contributed by atoms with Crippen molar-refractivity contribution in [3.05, 3.63) is 36.2 Å². The zero-order chi connectivity index (χ0) is 13.1. The van der Waals surface area contributed by atoms with Gasteiger partial charge in [-0.15, -0.1) is 0 Å². The lowest BCUT2D eigenvalue weighted by Crippen LogP contribution is -2.33. The maximum atomic E-state index is 12.3. The van der Waals surface area contributed by atoms with Crippen LogP contribution in [-0.4, -0.2) is 40.6 Å². The van der Waals surface area contributed by atoms with E-state index in [4.69, 9.17) is 5.73 Å². The number of hydrogen-bond acceptors (Lipinski definition) is 3. The summed E-state index contributed by atoms with van der Waals surface area (Å²) in [6.07, 6.45) is 3.44. The second-order valence-electron chi connectivity index (χ2n) is 4.62. The third kappa shape index (κ3) is 2.36. The summed E-state index contributed by atoms with van der Waals surface area (Å²) < 4.78 is 1.70. The fourth-order valence-corrected chi connectivity index (χ4v) is 1.93. The number of rotatable bonds is 4. The molecule has 0 aliphatic rings. The van der Waals surface area contributed by atoms with Gasteiger partial charge in [0, 0.05) is 19.8 Å². The molecule has 18 heavy (non-hydrogen) atoms. The average molecular weight is 246 g/mol. The van der Waals surface area contributed by atoms with Crippen LogP contribution in [0.25, 0.3) is 5.52 Å². The highest BCUT2D eigenvalue weighted by molar-refractivity contribution is 6.00. The molecule has 0 saturated carbocycles. The van der Waals surface area contributed by atoms with Gasteiger partial charge in [0.15, 0.2) is 0 Å². The molecule has 1 unspecified atom stereocenters. The van der Waals surface area contributed by atoms with Gasteiger partial charge in [0.1, 0.15) is 0 Å². The van der Waals surface area contributed by atoms with Crippen LogP contribution in [0.4, 0.5) is 0 Å². The van der Waals surface area contributed by atoms with Crippen LogP contribution in [0.2, 0.25) is 0 Å². The van der Waals surface area contributed by atoms with Crippen LogP contribution in [0, 0.1) is 5.92 Å². The molecular formula is C13H18N4O. The molecule has 0 aromatic carbocycles. The van der Waals surface area contributed by atoms with E-state index in [0.29, 0.717) is 24.6 Å². The summed E-state index contributed by atoms with van der Waals surface area (Å²) in [7, 11) is 1.79. The summed E-state index contributed by atoms with van der Waals surface area (Å²) in [5.41, 5.74) is 7.03.